The third-order valence-electron chi connectivity index (χ3n) is 2.48. The molecule has 1 aromatic carbocycles. The molecule has 0 radical (unpaired) electrons. The zero-order chi connectivity index (χ0) is 14.0. The number of ether oxygens (including phenoxy) is 1. The van der Waals surface area contributed by atoms with Crippen LogP contribution in [0.2, 0.25) is 0 Å². The molecule has 0 amide bonds. The van der Waals surface area contributed by atoms with Crippen molar-refractivity contribution in [1.29, 1.82) is 0 Å². The molecule has 1 unspecified atom stereocenters. The van der Waals surface area contributed by atoms with Crippen molar-refractivity contribution in [2.75, 3.05) is 0 Å². The van der Waals surface area contributed by atoms with Crippen molar-refractivity contribution in [2.45, 2.75) is 26.1 Å². The molecule has 2 rings (SSSR count). The molecule has 3 nitrogen and oxygen atoms in total. The Morgan fingerprint density at radius 1 is 1.21 bits per heavy atom. The molecule has 1 heterocycles. The number of halogens is 2. The minimum atomic E-state index is -0.821. The van der Waals surface area contributed by atoms with Gasteiger partial charge in [-0.15, -0.1) is 0 Å². The first kappa shape index (κ1) is 14.6. The average molecular weight is 390 g/mol. The van der Waals surface area contributed by atoms with E-state index in [9.17, 15) is 5.11 Å². The van der Waals surface area contributed by atoms with Gasteiger partial charge in [-0.1, -0.05) is 12.1 Å². The van der Waals surface area contributed by atoms with Gasteiger partial charge in [0.2, 0.25) is 0 Å². The van der Waals surface area contributed by atoms with E-state index in [1.54, 1.807) is 6.07 Å². The molecule has 0 aliphatic carbocycles. The Morgan fingerprint density at radius 3 is 2.53 bits per heavy atom. The maximum Gasteiger partial charge on any atom is 0.183 e. The molecule has 1 N–H and O–H groups in total. The lowest BCUT2D eigenvalue weighted by Crippen LogP contribution is -2.06. The lowest BCUT2D eigenvalue weighted by atomic mass is 10.1. The second kappa shape index (κ2) is 6.11. The van der Waals surface area contributed by atoms with Crippen molar-refractivity contribution in [2.24, 2.45) is 0 Å². The first-order valence-electron chi connectivity index (χ1n) is 5.87. The van der Waals surface area contributed by atoms with E-state index in [0.717, 1.165) is 15.8 Å². The van der Waals surface area contributed by atoms with E-state index in [2.05, 4.69) is 31.9 Å². The van der Waals surface area contributed by atoms with Gasteiger partial charge in [-0.05, 0) is 69.5 Å². The van der Waals surface area contributed by atoms with Crippen molar-refractivity contribution in [3.63, 3.8) is 0 Å². The Kier molecular flexibility index (Phi) is 4.71. The molecular weight excluding hydrogens is 376 g/mol. The molecule has 1 atom stereocenters. The van der Waals surface area contributed by atoms with E-state index in [0.29, 0.717) is 10.4 Å². The Labute approximate surface area is 128 Å². The first-order valence-corrected chi connectivity index (χ1v) is 7.45. The van der Waals surface area contributed by atoms with Crippen LogP contribution in [-0.2, 0) is 0 Å². The van der Waals surface area contributed by atoms with Crippen molar-refractivity contribution >= 4 is 31.9 Å². The second-order valence-corrected chi connectivity index (χ2v) is 5.99. The molecule has 0 spiro atoms. The van der Waals surface area contributed by atoms with Crippen molar-refractivity contribution in [3.8, 4) is 5.75 Å². The van der Waals surface area contributed by atoms with E-state index < -0.39 is 6.10 Å². The van der Waals surface area contributed by atoms with Crippen LogP contribution in [0.3, 0.4) is 0 Å². The van der Waals surface area contributed by atoms with Gasteiger partial charge in [-0.25, -0.2) is 0 Å². The standard InChI is InChI=1S/C14H14Br2O3/c1-8(2)18-10-5-3-4-9(6-10)13(17)12-7-11(15)14(16)19-12/h3-8,13,17H,1-2H3. The minimum Gasteiger partial charge on any atom is -0.491 e. The topological polar surface area (TPSA) is 42.6 Å². The molecule has 1 aromatic heterocycles. The van der Waals surface area contributed by atoms with Crippen LogP contribution < -0.4 is 4.74 Å². The van der Waals surface area contributed by atoms with Gasteiger partial charge in [0.1, 0.15) is 17.6 Å². The molecule has 19 heavy (non-hydrogen) atoms. The lowest BCUT2D eigenvalue weighted by Gasteiger charge is -2.13. The smallest absolute Gasteiger partial charge is 0.183 e. The fraction of sp³-hybridized carbons (Fsp3) is 0.286. The SMILES string of the molecule is CC(C)Oc1cccc(C(O)c2cc(Br)c(Br)o2)c1. The zero-order valence-corrected chi connectivity index (χ0v) is 13.7. The number of hydrogen-bond donors (Lipinski definition) is 1. The Hall–Kier alpha value is -0.780. The summed E-state index contributed by atoms with van der Waals surface area (Å²) in [6, 6.07) is 9.11. The number of aliphatic hydroxyl groups excluding tert-OH is 1. The first-order chi connectivity index (χ1) is 8.97. The third kappa shape index (κ3) is 3.61. The van der Waals surface area contributed by atoms with E-state index in [4.69, 9.17) is 9.15 Å². The quantitative estimate of drug-likeness (QED) is 0.825. The molecule has 0 fully saturated rings. The molecular formula is C14H14Br2O3. The number of rotatable bonds is 4. The monoisotopic (exact) mass is 388 g/mol. The lowest BCUT2D eigenvalue weighted by molar-refractivity contribution is 0.186. The molecule has 0 aliphatic rings. The number of aliphatic hydroxyl groups is 1. The van der Waals surface area contributed by atoms with Crippen molar-refractivity contribution in [1.82, 2.24) is 0 Å². The normalized spacial score (nSPS) is 12.7. The number of benzene rings is 1. The van der Waals surface area contributed by atoms with E-state index in [-0.39, 0.29) is 6.10 Å². The van der Waals surface area contributed by atoms with E-state index in [1.807, 2.05) is 38.1 Å². The fourth-order valence-corrected chi connectivity index (χ4v) is 2.30. The summed E-state index contributed by atoms with van der Waals surface area (Å²) in [6.07, 6.45) is -0.724. The van der Waals surface area contributed by atoms with Gasteiger partial charge in [-0.2, -0.15) is 0 Å². The van der Waals surface area contributed by atoms with Gasteiger partial charge in [-0.3, -0.25) is 0 Å². The van der Waals surface area contributed by atoms with Gasteiger partial charge in [0.25, 0.3) is 0 Å². The summed E-state index contributed by atoms with van der Waals surface area (Å²) in [5.41, 5.74) is 0.729. The highest BCUT2D eigenvalue weighted by atomic mass is 79.9. The minimum absolute atomic E-state index is 0.0966. The maximum atomic E-state index is 10.3. The zero-order valence-electron chi connectivity index (χ0n) is 10.6. The largest absolute Gasteiger partial charge is 0.491 e. The molecule has 0 bridgehead atoms. The molecule has 0 saturated heterocycles. The summed E-state index contributed by atoms with van der Waals surface area (Å²) in [7, 11) is 0. The predicted octanol–water partition coefficient (Wildman–Crippen LogP) is 4.67. The molecule has 0 aliphatic heterocycles. The van der Waals surface area contributed by atoms with Gasteiger partial charge in [0.05, 0.1) is 10.6 Å². The summed E-state index contributed by atoms with van der Waals surface area (Å²) in [5.74, 6) is 1.21. The van der Waals surface area contributed by atoms with Gasteiger partial charge >= 0.3 is 0 Å². The van der Waals surface area contributed by atoms with Crippen LogP contribution in [0.25, 0.3) is 0 Å². The van der Waals surface area contributed by atoms with Gasteiger partial charge in [0, 0.05) is 0 Å². The van der Waals surface area contributed by atoms with Crippen LogP contribution in [0.5, 0.6) is 5.75 Å². The van der Waals surface area contributed by atoms with Gasteiger partial charge in [0.15, 0.2) is 4.67 Å². The summed E-state index contributed by atoms with van der Waals surface area (Å²) < 4.78 is 12.4. The molecule has 2 aromatic rings. The maximum absolute atomic E-state index is 10.3. The summed E-state index contributed by atoms with van der Waals surface area (Å²) in [5, 5.41) is 10.3. The highest BCUT2D eigenvalue weighted by Crippen LogP contribution is 2.33. The van der Waals surface area contributed by atoms with Gasteiger partial charge < -0.3 is 14.3 Å². The third-order valence-corrected chi connectivity index (χ3v) is 4.19. The van der Waals surface area contributed by atoms with Crippen LogP contribution in [0.15, 0.2) is 43.9 Å². The highest BCUT2D eigenvalue weighted by molar-refractivity contribution is 9.13. The van der Waals surface area contributed by atoms with Crippen LogP contribution >= 0.6 is 31.9 Å². The Bertz CT molecular complexity index is 544. The van der Waals surface area contributed by atoms with E-state index in [1.165, 1.54) is 0 Å². The summed E-state index contributed by atoms with van der Waals surface area (Å²) in [4.78, 5) is 0. The van der Waals surface area contributed by atoms with Crippen LogP contribution in [-0.4, -0.2) is 11.2 Å². The van der Waals surface area contributed by atoms with Crippen molar-refractivity contribution in [3.05, 3.63) is 50.8 Å². The van der Waals surface area contributed by atoms with Crippen LogP contribution in [0, 0.1) is 0 Å². The Balaban J connectivity index is 2.25. The number of furan rings is 1. The second-order valence-electron chi connectivity index (χ2n) is 4.41. The fourth-order valence-electron chi connectivity index (χ4n) is 1.69. The van der Waals surface area contributed by atoms with E-state index >= 15 is 0 Å². The molecule has 102 valence electrons. The Morgan fingerprint density at radius 2 is 1.95 bits per heavy atom. The molecule has 5 heteroatoms. The molecule has 0 saturated carbocycles. The predicted molar refractivity (Wildman–Crippen MR) is 80.4 cm³/mol. The van der Waals surface area contributed by atoms with Crippen molar-refractivity contribution < 1.29 is 14.3 Å². The summed E-state index contributed by atoms with van der Waals surface area (Å²) in [6.45, 7) is 3.92. The average Bonchev–Trinajstić information content (AvgIpc) is 2.68. The van der Waals surface area contributed by atoms with Crippen LogP contribution in [0.4, 0.5) is 0 Å². The van der Waals surface area contributed by atoms with Crippen LogP contribution in [0.1, 0.15) is 31.3 Å². The number of hydrogen-bond acceptors (Lipinski definition) is 3. The highest BCUT2D eigenvalue weighted by Gasteiger charge is 2.17. The summed E-state index contributed by atoms with van der Waals surface area (Å²) >= 11 is 6.58.